The number of aromatic nitrogens is 1. The van der Waals surface area contributed by atoms with Gasteiger partial charge in [-0.05, 0) is 19.8 Å². The lowest BCUT2D eigenvalue weighted by Crippen LogP contribution is -2.49. The Morgan fingerprint density at radius 1 is 1.31 bits per heavy atom. The van der Waals surface area contributed by atoms with Crippen LogP contribution in [-0.2, 0) is 16.0 Å². The molecular formula is C18H28N4O4. The number of aryl methyl sites for hydroxylation is 1. The van der Waals surface area contributed by atoms with Crippen molar-refractivity contribution in [3.63, 3.8) is 0 Å². The highest BCUT2D eigenvalue weighted by Crippen LogP contribution is 2.22. The van der Waals surface area contributed by atoms with Crippen molar-refractivity contribution in [2.24, 2.45) is 11.8 Å². The van der Waals surface area contributed by atoms with Crippen molar-refractivity contribution in [1.29, 1.82) is 0 Å². The molecule has 1 aromatic heterocycles. The molecule has 8 heteroatoms. The van der Waals surface area contributed by atoms with Crippen LogP contribution >= 0.6 is 0 Å². The third kappa shape index (κ3) is 4.35. The minimum absolute atomic E-state index is 0.00524. The van der Waals surface area contributed by atoms with Gasteiger partial charge in [-0.25, -0.2) is 4.79 Å². The van der Waals surface area contributed by atoms with Crippen molar-refractivity contribution in [2.75, 3.05) is 40.4 Å². The number of nitrogens with one attached hydrogen (secondary N) is 1. The molecule has 0 radical (unpaired) electrons. The van der Waals surface area contributed by atoms with Crippen LogP contribution in [0.2, 0.25) is 0 Å². The van der Waals surface area contributed by atoms with E-state index in [1.807, 2.05) is 13.0 Å². The molecule has 3 amide bonds. The van der Waals surface area contributed by atoms with Gasteiger partial charge in [0.25, 0.3) is 0 Å². The molecule has 0 bridgehead atoms. The van der Waals surface area contributed by atoms with Gasteiger partial charge in [0.05, 0.1) is 24.9 Å². The summed E-state index contributed by atoms with van der Waals surface area (Å²) in [6.07, 6.45) is 2.11. The topological polar surface area (TPSA) is 87.9 Å². The fraction of sp³-hybridized carbons (Fsp3) is 0.722. The van der Waals surface area contributed by atoms with Gasteiger partial charge < -0.3 is 24.4 Å². The van der Waals surface area contributed by atoms with Gasteiger partial charge in [-0.15, -0.1) is 0 Å². The van der Waals surface area contributed by atoms with E-state index in [2.05, 4.69) is 10.5 Å². The normalized spacial score (nSPS) is 23.9. The SMILES string of the molecule is Cc1cc(C[C@@H]2COC[C@@H]2NC(=O)C2CCN(C(=O)N(C)C)CC2)on1. The van der Waals surface area contributed by atoms with Gasteiger partial charge in [-0.2, -0.15) is 0 Å². The van der Waals surface area contributed by atoms with Crippen molar-refractivity contribution >= 4 is 11.9 Å². The number of urea groups is 1. The molecule has 2 aliphatic rings. The lowest BCUT2D eigenvalue weighted by Gasteiger charge is -2.33. The molecule has 144 valence electrons. The second kappa shape index (κ2) is 8.07. The predicted molar refractivity (Wildman–Crippen MR) is 94.6 cm³/mol. The molecule has 8 nitrogen and oxygen atoms in total. The number of nitrogens with zero attached hydrogens (tertiary/aromatic N) is 3. The Hall–Kier alpha value is -2.09. The van der Waals surface area contributed by atoms with Crippen molar-refractivity contribution in [3.8, 4) is 0 Å². The van der Waals surface area contributed by atoms with Crippen molar-refractivity contribution < 1.29 is 18.8 Å². The highest BCUT2D eigenvalue weighted by Gasteiger charge is 2.34. The van der Waals surface area contributed by atoms with E-state index in [0.29, 0.717) is 45.6 Å². The first kappa shape index (κ1) is 18.7. The molecule has 3 rings (SSSR count). The molecule has 2 atom stereocenters. The minimum atomic E-state index is -0.0463. The van der Waals surface area contributed by atoms with Crippen LogP contribution in [0.25, 0.3) is 0 Å². The van der Waals surface area contributed by atoms with Gasteiger partial charge in [-0.3, -0.25) is 4.79 Å². The smallest absolute Gasteiger partial charge is 0.319 e. The number of hydrogen-bond acceptors (Lipinski definition) is 5. The van der Waals surface area contributed by atoms with Crippen LogP contribution in [0, 0.1) is 18.8 Å². The van der Waals surface area contributed by atoms with E-state index in [-0.39, 0.29) is 29.8 Å². The maximum absolute atomic E-state index is 12.7. The highest BCUT2D eigenvalue weighted by atomic mass is 16.5. The molecular weight excluding hydrogens is 336 g/mol. The average Bonchev–Trinajstić information content (AvgIpc) is 3.23. The van der Waals surface area contributed by atoms with E-state index < -0.39 is 0 Å². The Morgan fingerprint density at radius 3 is 2.65 bits per heavy atom. The summed E-state index contributed by atoms with van der Waals surface area (Å²) in [7, 11) is 3.49. The molecule has 2 saturated heterocycles. The molecule has 2 aliphatic heterocycles. The summed E-state index contributed by atoms with van der Waals surface area (Å²) in [5, 5.41) is 7.07. The maximum atomic E-state index is 12.7. The zero-order chi connectivity index (χ0) is 18.7. The summed E-state index contributed by atoms with van der Waals surface area (Å²) >= 11 is 0. The standard InChI is InChI=1S/C18H28N4O4/c1-12-8-15(26-20-12)9-14-10-25-11-16(14)19-17(23)13-4-6-22(7-5-13)18(24)21(2)3/h8,13-14,16H,4-7,9-11H2,1-3H3,(H,19,23)/t14-,16+/m1/s1. The van der Waals surface area contributed by atoms with Gasteiger partial charge in [0.15, 0.2) is 0 Å². The van der Waals surface area contributed by atoms with Crippen LogP contribution in [0.1, 0.15) is 24.3 Å². The van der Waals surface area contributed by atoms with Gasteiger partial charge in [0, 0.05) is 51.5 Å². The summed E-state index contributed by atoms with van der Waals surface area (Å²) in [5.41, 5.74) is 0.860. The largest absolute Gasteiger partial charge is 0.379 e. The first-order chi connectivity index (χ1) is 12.4. The third-order valence-corrected chi connectivity index (χ3v) is 5.19. The number of ether oxygens (including phenoxy) is 1. The summed E-state index contributed by atoms with van der Waals surface area (Å²) in [5.74, 6) is 1.04. The van der Waals surface area contributed by atoms with Gasteiger partial charge >= 0.3 is 6.03 Å². The zero-order valence-electron chi connectivity index (χ0n) is 15.7. The molecule has 26 heavy (non-hydrogen) atoms. The van der Waals surface area contributed by atoms with Gasteiger partial charge in [0.2, 0.25) is 5.91 Å². The van der Waals surface area contributed by atoms with Crippen molar-refractivity contribution in [3.05, 3.63) is 17.5 Å². The van der Waals surface area contributed by atoms with E-state index in [1.165, 1.54) is 0 Å². The fourth-order valence-electron chi connectivity index (χ4n) is 3.65. The van der Waals surface area contributed by atoms with E-state index in [1.54, 1.807) is 23.9 Å². The molecule has 0 aliphatic carbocycles. The minimum Gasteiger partial charge on any atom is -0.379 e. The van der Waals surface area contributed by atoms with Crippen LogP contribution in [0.4, 0.5) is 4.79 Å². The summed E-state index contributed by atoms with van der Waals surface area (Å²) in [6, 6.07) is 1.93. The first-order valence-corrected chi connectivity index (χ1v) is 9.20. The van der Waals surface area contributed by atoms with E-state index in [0.717, 1.165) is 11.5 Å². The number of rotatable bonds is 4. The predicted octanol–water partition coefficient (Wildman–Crippen LogP) is 1.05. The lowest BCUT2D eigenvalue weighted by atomic mass is 9.93. The molecule has 2 fully saturated rings. The summed E-state index contributed by atoms with van der Waals surface area (Å²) < 4.78 is 10.9. The summed E-state index contributed by atoms with van der Waals surface area (Å²) in [6.45, 7) is 4.28. The Balaban J connectivity index is 1.49. The molecule has 0 unspecified atom stereocenters. The molecule has 0 spiro atoms. The Bertz CT molecular complexity index is 637. The average molecular weight is 364 g/mol. The first-order valence-electron chi connectivity index (χ1n) is 9.20. The number of hydrogen-bond donors (Lipinski definition) is 1. The highest BCUT2D eigenvalue weighted by molar-refractivity contribution is 5.80. The van der Waals surface area contributed by atoms with E-state index in [4.69, 9.17) is 9.26 Å². The maximum Gasteiger partial charge on any atom is 0.319 e. The number of carbonyl (C=O) groups excluding carboxylic acids is 2. The van der Waals surface area contributed by atoms with Crippen LogP contribution in [-0.4, -0.2) is 73.3 Å². The molecule has 3 heterocycles. The monoisotopic (exact) mass is 364 g/mol. The second-order valence-electron chi connectivity index (χ2n) is 7.49. The van der Waals surface area contributed by atoms with Crippen molar-refractivity contribution in [1.82, 2.24) is 20.3 Å². The summed E-state index contributed by atoms with van der Waals surface area (Å²) in [4.78, 5) is 28.0. The molecule has 0 saturated carbocycles. The number of carbonyl (C=O) groups is 2. The Morgan fingerprint density at radius 2 is 2.04 bits per heavy atom. The van der Waals surface area contributed by atoms with Gasteiger partial charge in [-0.1, -0.05) is 5.16 Å². The third-order valence-electron chi connectivity index (χ3n) is 5.19. The zero-order valence-corrected chi connectivity index (χ0v) is 15.7. The number of likely N-dealkylation sites (tertiary alicyclic amines) is 1. The fourth-order valence-corrected chi connectivity index (χ4v) is 3.65. The Labute approximate surface area is 153 Å². The van der Waals surface area contributed by atoms with E-state index >= 15 is 0 Å². The van der Waals surface area contributed by atoms with Crippen molar-refractivity contribution in [2.45, 2.75) is 32.2 Å². The molecule has 1 N–H and O–H groups in total. The number of piperidine rings is 1. The molecule has 1 aromatic rings. The molecule has 0 aromatic carbocycles. The number of amides is 3. The Kier molecular flexibility index (Phi) is 5.80. The van der Waals surface area contributed by atoms with Gasteiger partial charge in [0.1, 0.15) is 5.76 Å². The van der Waals surface area contributed by atoms with Crippen LogP contribution < -0.4 is 5.32 Å². The van der Waals surface area contributed by atoms with Crippen LogP contribution in [0.15, 0.2) is 10.6 Å². The van der Waals surface area contributed by atoms with E-state index in [9.17, 15) is 9.59 Å². The van der Waals surface area contributed by atoms with Crippen LogP contribution in [0.5, 0.6) is 0 Å². The quantitative estimate of drug-likeness (QED) is 0.863. The second-order valence-corrected chi connectivity index (χ2v) is 7.49. The lowest BCUT2D eigenvalue weighted by molar-refractivity contribution is -0.127. The van der Waals surface area contributed by atoms with Crippen LogP contribution in [0.3, 0.4) is 0 Å².